The number of amidine groups is 1. The Hall–Kier alpha value is -1.62. The quantitative estimate of drug-likeness (QED) is 0.358. The number of aliphatic imine (C=N–C) groups is 1. The Morgan fingerprint density at radius 2 is 2.06 bits per heavy atom. The largest absolute Gasteiger partial charge is 0.497 e. The number of nitrogens with two attached hydrogens (primary N) is 1. The SMILES string of the molecule is COc1ccc(C(=NC(C)(C)C)NN)c(F)c1. The molecule has 0 bridgehead atoms. The van der Waals surface area contributed by atoms with Crippen LogP contribution in [0.15, 0.2) is 23.2 Å². The Bertz CT molecular complexity index is 424. The second-order valence-electron chi connectivity index (χ2n) is 4.62. The molecule has 0 fully saturated rings. The summed E-state index contributed by atoms with van der Waals surface area (Å²) in [7, 11) is 1.49. The maximum absolute atomic E-state index is 13.8. The van der Waals surface area contributed by atoms with Crippen LogP contribution >= 0.6 is 0 Å². The number of hydrazine groups is 1. The molecule has 4 nitrogen and oxygen atoms in total. The molecule has 0 aliphatic rings. The average Bonchev–Trinajstić information content (AvgIpc) is 2.24. The summed E-state index contributed by atoms with van der Waals surface area (Å²) in [6, 6.07) is 4.54. The highest BCUT2D eigenvalue weighted by molar-refractivity contribution is 5.99. The van der Waals surface area contributed by atoms with Gasteiger partial charge >= 0.3 is 0 Å². The molecule has 0 aliphatic heterocycles. The minimum absolute atomic E-state index is 0.317. The first kappa shape index (κ1) is 13.4. The number of nitrogens with zero attached hydrogens (tertiary/aromatic N) is 1. The summed E-state index contributed by atoms with van der Waals surface area (Å²) in [5.74, 6) is 5.72. The highest BCUT2D eigenvalue weighted by atomic mass is 19.1. The van der Waals surface area contributed by atoms with Crippen LogP contribution in [0, 0.1) is 5.82 Å². The Morgan fingerprint density at radius 1 is 1.41 bits per heavy atom. The van der Waals surface area contributed by atoms with E-state index in [0.29, 0.717) is 17.1 Å². The van der Waals surface area contributed by atoms with Crippen molar-refractivity contribution < 1.29 is 9.13 Å². The third-order valence-corrected chi connectivity index (χ3v) is 2.02. The van der Waals surface area contributed by atoms with Gasteiger partial charge in [0.1, 0.15) is 17.4 Å². The summed E-state index contributed by atoms with van der Waals surface area (Å²) in [6.45, 7) is 5.73. The van der Waals surface area contributed by atoms with Crippen LogP contribution in [-0.4, -0.2) is 18.5 Å². The van der Waals surface area contributed by atoms with Crippen molar-refractivity contribution in [1.29, 1.82) is 0 Å². The number of hydrogen-bond donors (Lipinski definition) is 2. The van der Waals surface area contributed by atoms with Crippen molar-refractivity contribution in [2.24, 2.45) is 10.8 Å². The number of nitrogens with one attached hydrogen (secondary N) is 1. The summed E-state index contributed by atoms with van der Waals surface area (Å²) in [5, 5.41) is 0. The molecule has 0 radical (unpaired) electrons. The average molecular weight is 239 g/mol. The highest BCUT2D eigenvalue weighted by Gasteiger charge is 2.14. The molecular weight excluding hydrogens is 221 g/mol. The summed E-state index contributed by atoms with van der Waals surface area (Å²) in [5.41, 5.74) is 2.41. The molecule has 1 aromatic carbocycles. The Balaban J connectivity index is 3.18. The van der Waals surface area contributed by atoms with E-state index in [2.05, 4.69) is 10.4 Å². The van der Waals surface area contributed by atoms with Crippen LogP contribution < -0.4 is 16.0 Å². The van der Waals surface area contributed by atoms with Gasteiger partial charge in [-0.2, -0.15) is 0 Å². The van der Waals surface area contributed by atoms with Gasteiger partial charge in [-0.25, -0.2) is 10.2 Å². The van der Waals surface area contributed by atoms with Gasteiger partial charge in [-0.05, 0) is 32.9 Å². The number of rotatable bonds is 2. The molecule has 17 heavy (non-hydrogen) atoms. The van der Waals surface area contributed by atoms with Crippen LogP contribution in [0.2, 0.25) is 0 Å². The van der Waals surface area contributed by atoms with E-state index in [0.717, 1.165) is 0 Å². The Labute approximate surface area is 101 Å². The van der Waals surface area contributed by atoms with Crippen LogP contribution in [0.4, 0.5) is 4.39 Å². The predicted molar refractivity (Wildman–Crippen MR) is 66.6 cm³/mol. The van der Waals surface area contributed by atoms with Gasteiger partial charge in [0.05, 0.1) is 18.2 Å². The van der Waals surface area contributed by atoms with Gasteiger partial charge < -0.3 is 10.2 Å². The van der Waals surface area contributed by atoms with Crippen molar-refractivity contribution in [2.75, 3.05) is 7.11 Å². The van der Waals surface area contributed by atoms with Crippen molar-refractivity contribution in [3.05, 3.63) is 29.6 Å². The van der Waals surface area contributed by atoms with Gasteiger partial charge in [-0.1, -0.05) is 0 Å². The predicted octanol–water partition coefficient (Wildman–Crippen LogP) is 1.84. The van der Waals surface area contributed by atoms with Gasteiger partial charge in [-0.15, -0.1) is 0 Å². The minimum Gasteiger partial charge on any atom is -0.497 e. The molecule has 0 spiro atoms. The van der Waals surface area contributed by atoms with Crippen molar-refractivity contribution in [1.82, 2.24) is 5.43 Å². The lowest BCUT2D eigenvalue weighted by Crippen LogP contribution is -2.34. The fourth-order valence-electron chi connectivity index (χ4n) is 1.32. The van der Waals surface area contributed by atoms with E-state index >= 15 is 0 Å². The smallest absolute Gasteiger partial charge is 0.146 e. The topological polar surface area (TPSA) is 59.6 Å². The molecule has 0 aliphatic carbocycles. The highest BCUT2D eigenvalue weighted by Crippen LogP contribution is 2.18. The molecule has 5 heteroatoms. The van der Waals surface area contributed by atoms with Gasteiger partial charge in [0.25, 0.3) is 0 Å². The third-order valence-electron chi connectivity index (χ3n) is 2.02. The molecule has 0 heterocycles. The zero-order chi connectivity index (χ0) is 13.1. The molecule has 0 atom stereocenters. The van der Waals surface area contributed by atoms with E-state index in [1.54, 1.807) is 12.1 Å². The van der Waals surface area contributed by atoms with Crippen LogP contribution in [-0.2, 0) is 0 Å². The zero-order valence-electron chi connectivity index (χ0n) is 10.5. The lowest BCUT2D eigenvalue weighted by Gasteiger charge is -2.16. The van der Waals surface area contributed by atoms with E-state index in [-0.39, 0.29) is 5.54 Å². The monoisotopic (exact) mass is 239 g/mol. The molecule has 3 N–H and O–H groups in total. The minimum atomic E-state index is -0.426. The van der Waals surface area contributed by atoms with Crippen molar-refractivity contribution in [3.63, 3.8) is 0 Å². The van der Waals surface area contributed by atoms with E-state index in [9.17, 15) is 4.39 Å². The lowest BCUT2D eigenvalue weighted by atomic mass is 10.1. The van der Waals surface area contributed by atoms with Crippen molar-refractivity contribution >= 4 is 5.84 Å². The molecule has 94 valence electrons. The summed E-state index contributed by atoms with van der Waals surface area (Å²) < 4.78 is 18.7. The first-order valence-corrected chi connectivity index (χ1v) is 5.28. The molecule has 1 aromatic rings. The number of halogens is 1. The summed E-state index contributed by atoms with van der Waals surface area (Å²) >= 11 is 0. The van der Waals surface area contributed by atoms with Crippen molar-refractivity contribution in [3.8, 4) is 5.75 Å². The van der Waals surface area contributed by atoms with Crippen LogP contribution in [0.3, 0.4) is 0 Å². The van der Waals surface area contributed by atoms with E-state index in [4.69, 9.17) is 10.6 Å². The number of ether oxygens (including phenoxy) is 1. The lowest BCUT2D eigenvalue weighted by molar-refractivity contribution is 0.411. The summed E-state index contributed by atoms with van der Waals surface area (Å²) in [6.07, 6.45) is 0. The van der Waals surface area contributed by atoms with Gasteiger partial charge in [-0.3, -0.25) is 4.99 Å². The zero-order valence-corrected chi connectivity index (χ0v) is 10.5. The molecule has 0 saturated heterocycles. The molecule has 0 unspecified atom stereocenters. The molecule has 0 saturated carbocycles. The van der Waals surface area contributed by atoms with Gasteiger partial charge in [0.15, 0.2) is 0 Å². The molecular formula is C12H18FN3O. The first-order chi connectivity index (χ1) is 7.87. The number of methoxy groups -OCH3 is 1. The second kappa shape index (κ2) is 5.14. The van der Waals surface area contributed by atoms with Crippen LogP contribution in [0.1, 0.15) is 26.3 Å². The van der Waals surface area contributed by atoms with E-state index < -0.39 is 5.82 Å². The number of benzene rings is 1. The molecule has 0 amide bonds. The van der Waals surface area contributed by atoms with Gasteiger partial charge in [0.2, 0.25) is 0 Å². The fourth-order valence-corrected chi connectivity index (χ4v) is 1.32. The van der Waals surface area contributed by atoms with E-state index in [1.807, 2.05) is 20.8 Å². The Kier molecular flexibility index (Phi) is 4.07. The second-order valence-corrected chi connectivity index (χ2v) is 4.62. The fraction of sp³-hybridized carbons (Fsp3) is 0.417. The maximum Gasteiger partial charge on any atom is 0.146 e. The van der Waals surface area contributed by atoms with Crippen LogP contribution in [0.5, 0.6) is 5.75 Å². The maximum atomic E-state index is 13.8. The molecule has 0 aromatic heterocycles. The molecule has 1 rings (SSSR count). The standard InChI is InChI=1S/C12H18FN3O/c1-12(2,3)15-11(16-14)9-6-5-8(17-4)7-10(9)13/h5-7H,14H2,1-4H3,(H,15,16). The van der Waals surface area contributed by atoms with Crippen molar-refractivity contribution in [2.45, 2.75) is 26.3 Å². The summed E-state index contributed by atoms with van der Waals surface area (Å²) in [4.78, 5) is 4.31. The van der Waals surface area contributed by atoms with Gasteiger partial charge in [0, 0.05) is 6.07 Å². The first-order valence-electron chi connectivity index (χ1n) is 5.28. The Morgan fingerprint density at radius 3 is 2.47 bits per heavy atom. The third kappa shape index (κ3) is 3.71. The van der Waals surface area contributed by atoms with E-state index in [1.165, 1.54) is 13.2 Å². The number of hydrogen-bond acceptors (Lipinski definition) is 3. The van der Waals surface area contributed by atoms with Crippen LogP contribution in [0.25, 0.3) is 0 Å². The normalized spacial score (nSPS) is 12.5.